The van der Waals surface area contributed by atoms with Crippen molar-refractivity contribution in [1.82, 2.24) is 0 Å². The Morgan fingerprint density at radius 2 is 0.967 bits per heavy atom. The number of carboxylic acids is 1. The molecule has 0 rings (SSSR count). The average Bonchev–Trinajstić information content (AvgIpc) is 3.22. The third-order valence-corrected chi connectivity index (χ3v) is 10.6. The van der Waals surface area contributed by atoms with Crippen molar-refractivity contribution in [1.29, 1.82) is 0 Å². The molecule has 0 saturated heterocycles. The number of ether oxygens (including phenoxy) is 3. The Labute approximate surface area is 374 Å². The van der Waals surface area contributed by atoms with Gasteiger partial charge in [0.05, 0.1) is 40.3 Å². The Morgan fingerprint density at radius 3 is 1.46 bits per heavy atom. The van der Waals surface area contributed by atoms with E-state index in [2.05, 4.69) is 86.8 Å². The second-order valence-corrected chi connectivity index (χ2v) is 17.3. The van der Waals surface area contributed by atoms with Gasteiger partial charge in [0.25, 0.3) is 0 Å². The van der Waals surface area contributed by atoms with E-state index in [-0.39, 0.29) is 42.7 Å². The molecule has 0 amide bonds. The van der Waals surface area contributed by atoms with E-state index in [1.54, 1.807) is 21.1 Å². The number of carbonyl (C=O) groups excluding carboxylic acids is 3. The van der Waals surface area contributed by atoms with Crippen LogP contribution in [-0.2, 0) is 28.6 Å². The van der Waals surface area contributed by atoms with Crippen molar-refractivity contribution >= 4 is 17.9 Å². The minimum atomic E-state index is -1.13. The number of carbonyl (C=O) groups is 3. The van der Waals surface area contributed by atoms with Crippen molar-refractivity contribution in [3.05, 3.63) is 72.9 Å². The normalized spacial score (nSPS) is 13.5. The molecule has 0 spiro atoms. The standard InChI is InChI=1S/C53H91NO7/c1-6-8-10-12-14-16-18-20-22-24-26-28-30-32-34-36-38-40-42-44-52(56)61-49(47-59-46-45-50(53(57)58)54(3,4)5)48-60-51(55)43-41-39-37-35-33-31-29-27-25-23-21-19-17-15-13-11-9-7-2/h8,10,14,16,20,22-23,25-29,49-50H,6-7,9,11-13,15,17-19,21,24,30-48H2,1-5H3/b10-8+,16-14+,22-20+,25-23+,28-26+,29-27+. The van der Waals surface area contributed by atoms with Crippen LogP contribution < -0.4 is 5.11 Å². The molecule has 2 atom stereocenters. The zero-order valence-corrected chi connectivity index (χ0v) is 39.8. The van der Waals surface area contributed by atoms with E-state index in [0.717, 1.165) is 96.3 Å². The molecule has 0 bridgehead atoms. The number of allylic oxidation sites excluding steroid dienone is 12. The SMILES string of the molecule is CC/C=C/C/C=C/C/C=C/C/C=C/CCCCCCCCC(=O)OC(COCCC(C(=O)[O-])[N+](C)(C)C)COC(=O)CCCCCCC/C=C/C=C/CCCCCCCCC. The molecule has 0 heterocycles. The molecule has 61 heavy (non-hydrogen) atoms. The third-order valence-electron chi connectivity index (χ3n) is 10.6. The van der Waals surface area contributed by atoms with Gasteiger partial charge in [-0.15, -0.1) is 0 Å². The monoisotopic (exact) mass is 854 g/mol. The lowest BCUT2D eigenvalue weighted by molar-refractivity contribution is -0.889. The first kappa shape index (κ1) is 57.8. The molecule has 0 fully saturated rings. The van der Waals surface area contributed by atoms with E-state index in [4.69, 9.17) is 14.2 Å². The van der Waals surface area contributed by atoms with Crippen molar-refractivity contribution < 1.29 is 38.2 Å². The van der Waals surface area contributed by atoms with Gasteiger partial charge >= 0.3 is 11.9 Å². The van der Waals surface area contributed by atoms with Crippen molar-refractivity contribution in [3.63, 3.8) is 0 Å². The van der Waals surface area contributed by atoms with E-state index in [9.17, 15) is 19.5 Å². The van der Waals surface area contributed by atoms with Crippen LogP contribution in [0.1, 0.15) is 194 Å². The fraction of sp³-hybridized carbons (Fsp3) is 0.717. The minimum absolute atomic E-state index is 0.0264. The summed E-state index contributed by atoms with van der Waals surface area (Å²) in [5, 5.41) is 11.7. The lowest BCUT2D eigenvalue weighted by Gasteiger charge is -2.34. The summed E-state index contributed by atoms with van der Waals surface area (Å²) in [4.78, 5) is 37.0. The lowest BCUT2D eigenvalue weighted by Crippen LogP contribution is -2.55. The number of carboxylic acid groups (broad SMARTS) is 1. The van der Waals surface area contributed by atoms with Gasteiger partial charge in [0.15, 0.2) is 6.10 Å². The molecule has 0 radical (unpaired) electrons. The van der Waals surface area contributed by atoms with Crippen molar-refractivity contribution in [2.75, 3.05) is 41.0 Å². The van der Waals surface area contributed by atoms with Crippen molar-refractivity contribution in [2.45, 2.75) is 206 Å². The number of rotatable bonds is 43. The predicted octanol–water partition coefficient (Wildman–Crippen LogP) is 12.6. The first-order valence-corrected chi connectivity index (χ1v) is 24.5. The molecular formula is C53H91NO7. The predicted molar refractivity (Wildman–Crippen MR) is 254 cm³/mol. The smallest absolute Gasteiger partial charge is 0.306 e. The lowest BCUT2D eigenvalue weighted by atomic mass is 10.1. The number of aliphatic carboxylic acids is 1. The number of hydrogen-bond donors (Lipinski definition) is 0. The molecule has 0 aromatic carbocycles. The topological polar surface area (TPSA) is 102 Å². The molecular weight excluding hydrogens is 763 g/mol. The largest absolute Gasteiger partial charge is 0.544 e. The summed E-state index contributed by atoms with van der Waals surface area (Å²) in [5.41, 5.74) is 0. The van der Waals surface area contributed by atoms with E-state index in [0.29, 0.717) is 12.8 Å². The molecule has 0 aromatic heterocycles. The van der Waals surface area contributed by atoms with Crippen LogP contribution in [0.25, 0.3) is 0 Å². The van der Waals surface area contributed by atoms with Gasteiger partial charge in [-0.05, 0) is 77.0 Å². The van der Waals surface area contributed by atoms with Gasteiger partial charge in [-0.1, -0.05) is 170 Å². The van der Waals surface area contributed by atoms with Gasteiger partial charge in [0.1, 0.15) is 12.6 Å². The van der Waals surface area contributed by atoms with Crippen molar-refractivity contribution in [2.24, 2.45) is 0 Å². The Bertz CT molecular complexity index is 1230. The summed E-state index contributed by atoms with van der Waals surface area (Å²) in [6, 6.07) is -0.735. The van der Waals surface area contributed by atoms with E-state index < -0.39 is 18.1 Å². The summed E-state index contributed by atoms with van der Waals surface area (Å²) in [6.45, 7) is 4.51. The van der Waals surface area contributed by atoms with Crippen LogP contribution in [0.3, 0.4) is 0 Å². The molecule has 8 nitrogen and oxygen atoms in total. The van der Waals surface area contributed by atoms with Crippen LogP contribution in [0.4, 0.5) is 0 Å². The number of likely N-dealkylation sites (N-methyl/N-ethyl adjacent to an activating group) is 1. The maximum Gasteiger partial charge on any atom is 0.306 e. The third kappa shape index (κ3) is 41.9. The fourth-order valence-corrected chi connectivity index (χ4v) is 6.82. The first-order chi connectivity index (χ1) is 29.6. The highest BCUT2D eigenvalue weighted by atomic mass is 16.6. The molecule has 0 aromatic rings. The van der Waals surface area contributed by atoms with Crippen LogP contribution in [0.5, 0.6) is 0 Å². The Kier molecular flexibility index (Phi) is 41.1. The summed E-state index contributed by atoms with van der Waals surface area (Å²) in [7, 11) is 5.40. The summed E-state index contributed by atoms with van der Waals surface area (Å²) < 4.78 is 17.2. The van der Waals surface area contributed by atoms with Crippen molar-refractivity contribution in [3.8, 4) is 0 Å². The Morgan fingerprint density at radius 1 is 0.525 bits per heavy atom. The highest BCUT2D eigenvalue weighted by Gasteiger charge is 2.25. The van der Waals surface area contributed by atoms with Gasteiger partial charge in [-0.2, -0.15) is 0 Å². The second-order valence-electron chi connectivity index (χ2n) is 17.3. The highest BCUT2D eigenvalue weighted by Crippen LogP contribution is 2.13. The zero-order chi connectivity index (χ0) is 44.9. The minimum Gasteiger partial charge on any atom is -0.544 e. The summed E-state index contributed by atoms with van der Waals surface area (Å²) >= 11 is 0. The van der Waals surface area contributed by atoms with Gasteiger partial charge in [-0.25, -0.2) is 0 Å². The van der Waals surface area contributed by atoms with Gasteiger partial charge in [0.2, 0.25) is 0 Å². The number of esters is 2. The van der Waals surface area contributed by atoms with Crippen LogP contribution in [0.15, 0.2) is 72.9 Å². The molecule has 8 heteroatoms. The van der Waals surface area contributed by atoms with Crippen LogP contribution in [0, 0.1) is 0 Å². The molecule has 0 N–H and O–H groups in total. The first-order valence-electron chi connectivity index (χ1n) is 24.5. The number of quaternary nitrogens is 1. The maximum absolute atomic E-state index is 12.8. The van der Waals surface area contributed by atoms with Crippen LogP contribution in [0.2, 0.25) is 0 Å². The van der Waals surface area contributed by atoms with Gasteiger partial charge in [0, 0.05) is 19.3 Å². The number of hydrogen-bond acceptors (Lipinski definition) is 7. The van der Waals surface area contributed by atoms with Gasteiger partial charge < -0.3 is 28.6 Å². The maximum atomic E-state index is 12.8. The fourth-order valence-electron chi connectivity index (χ4n) is 6.82. The zero-order valence-electron chi connectivity index (χ0n) is 39.8. The summed E-state index contributed by atoms with van der Waals surface area (Å²) in [5.74, 6) is -1.78. The van der Waals surface area contributed by atoms with Crippen LogP contribution >= 0.6 is 0 Å². The molecule has 0 aliphatic rings. The Hall–Kier alpha value is -3.23. The Balaban J connectivity index is 4.35. The molecule has 0 aliphatic carbocycles. The summed E-state index contributed by atoms with van der Waals surface area (Å²) in [6.07, 6.45) is 54.9. The van der Waals surface area contributed by atoms with E-state index in [1.165, 1.54) is 64.2 Å². The van der Waals surface area contributed by atoms with Crippen LogP contribution in [-0.4, -0.2) is 75.5 Å². The van der Waals surface area contributed by atoms with E-state index >= 15 is 0 Å². The van der Waals surface area contributed by atoms with E-state index in [1.807, 2.05) is 0 Å². The van der Waals surface area contributed by atoms with Gasteiger partial charge in [-0.3, -0.25) is 9.59 Å². The number of unbranched alkanes of at least 4 members (excludes halogenated alkanes) is 18. The molecule has 0 aliphatic heterocycles. The molecule has 2 unspecified atom stereocenters. The second kappa shape index (κ2) is 43.4. The highest BCUT2D eigenvalue weighted by molar-refractivity contribution is 5.70. The molecule has 350 valence electrons. The quantitative estimate of drug-likeness (QED) is 0.0198. The number of nitrogens with zero attached hydrogens (tertiary/aromatic N) is 1. The average molecular weight is 854 g/mol. The molecule has 0 saturated carbocycles.